The lowest BCUT2D eigenvalue weighted by atomic mass is 10.1. The van der Waals surface area contributed by atoms with E-state index in [0.717, 1.165) is 64.6 Å². The molecule has 0 aromatic heterocycles. The second-order valence-corrected chi connectivity index (χ2v) is 8.08. The third-order valence-corrected chi connectivity index (χ3v) is 5.64. The highest BCUT2D eigenvalue weighted by atomic mass is 32.2. The summed E-state index contributed by atoms with van der Waals surface area (Å²) in [6.07, 6.45) is 3.09. The summed E-state index contributed by atoms with van der Waals surface area (Å²) in [4.78, 5) is 19.2. The molecule has 6 nitrogen and oxygen atoms in total. The van der Waals surface area contributed by atoms with Crippen molar-refractivity contribution < 1.29 is 9.53 Å². The average Bonchev–Trinajstić information content (AvgIpc) is 2.60. The van der Waals surface area contributed by atoms with Crippen molar-refractivity contribution in [1.29, 1.82) is 0 Å². The fourth-order valence-corrected chi connectivity index (χ4v) is 3.85. The van der Waals surface area contributed by atoms with E-state index in [9.17, 15) is 4.79 Å². The number of amides is 1. The summed E-state index contributed by atoms with van der Waals surface area (Å²) in [6.45, 7) is 11.7. The highest BCUT2D eigenvalue weighted by Gasteiger charge is 2.28. The van der Waals surface area contributed by atoms with Crippen molar-refractivity contribution in [2.75, 3.05) is 64.4 Å². The van der Waals surface area contributed by atoms with Gasteiger partial charge in [0.1, 0.15) is 0 Å². The zero-order chi connectivity index (χ0) is 17.5. The molecule has 0 bridgehead atoms. The number of carbonyl (C=O) groups is 1. The number of nitrogens with two attached hydrogens (primary N) is 1. The van der Waals surface area contributed by atoms with Crippen molar-refractivity contribution >= 4 is 17.7 Å². The summed E-state index contributed by atoms with van der Waals surface area (Å²) in [7, 11) is 0. The molecule has 24 heavy (non-hydrogen) atoms. The predicted octanol–water partition coefficient (Wildman–Crippen LogP) is 0.320. The van der Waals surface area contributed by atoms with Crippen LogP contribution >= 0.6 is 11.8 Å². The molecule has 2 N–H and O–H groups in total. The van der Waals surface area contributed by atoms with Gasteiger partial charge in [0.05, 0.1) is 18.8 Å². The fourth-order valence-electron chi connectivity index (χ4n) is 3.36. The van der Waals surface area contributed by atoms with Gasteiger partial charge in [-0.1, -0.05) is 0 Å². The smallest absolute Gasteiger partial charge is 0.239 e. The largest absolute Gasteiger partial charge is 0.374 e. The summed E-state index contributed by atoms with van der Waals surface area (Å²) < 4.78 is 5.93. The lowest BCUT2D eigenvalue weighted by Crippen LogP contribution is -2.56. The molecular weight excluding hydrogens is 324 g/mol. The van der Waals surface area contributed by atoms with Crippen molar-refractivity contribution in [2.24, 2.45) is 5.73 Å². The molecule has 0 spiro atoms. The Morgan fingerprint density at radius 3 is 2.58 bits per heavy atom. The maximum absolute atomic E-state index is 12.4. The molecule has 7 heteroatoms. The standard InChI is InChI=1S/C17H34N4O2S/c1-14(2)21-9-10-23-15(13-21)12-19-5-7-20(8-6-19)17(22)16(18)4-11-24-3/h14-16H,4-13,18H2,1-3H3/t15?,16-/m0/s1. The molecule has 1 amide bonds. The van der Waals surface area contributed by atoms with Crippen LogP contribution in [-0.2, 0) is 9.53 Å². The fraction of sp³-hybridized carbons (Fsp3) is 0.941. The van der Waals surface area contributed by atoms with E-state index in [-0.39, 0.29) is 18.1 Å². The molecule has 2 saturated heterocycles. The monoisotopic (exact) mass is 358 g/mol. The molecule has 0 aromatic rings. The SMILES string of the molecule is CSCC[C@H](N)C(=O)N1CCN(CC2CN(C(C)C)CCO2)CC1. The van der Waals surface area contributed by atoms with E-state index in [1.807, 2.05) is 11.2 Å². The number of ether oxygens (including phenoxy) is 1. The van der Waals surface area contributed by atoms with E-state index in [0.29, 0.717) is 6.04 Å². The highest BCUT2D eigenvalue weighted by molar-refractivity contribution is 7.98. The number of morpholine rings is 1. The van der Waals surface area contributed by atoms with Gasteiger partial charge < -0.3 is 15.4 Å². The normalized spacial score (nSPS) is 25.2. The molecular formula is C17H34N4O2S. The van der Waals surface area contributed by atoms with Crippen LogP contribution in [0.4, 0.5) is 0 Å². The van der Waals surface area contributed by atoms with E-state index in [1.165, 1.54) is 0 Å². The number of piperazine rings is 1. The number of rotatable bonds is 7. The van der Waals surface area contributed by atoms with Gasteiger partial charge in [-0.15, -0.1) is 0 Å². The second kappa shape index (κ2) is 9.97. The van der Waals surface area contributed by atoms with Gasteiger partial charge in [-0.05, 0) is 32.3 Å². The minimum absolute atomic E-state index is 0.114. The molecule has 0 radical (unpaired) electrons. The lowest BCUT2D eigenvalue weighted by Gasteiger charge is -2.40. The minimum Gasteiger partial charge on any atom is -0.374 e. The average molecular weight is 359 g/mol. The summed E-state index contributed by atoms with van der Waals surface area (Å²) in [5.41, 5.74) is 6.02. The number of nitrogens with zero attached hydrogens (tertiary/aromatic N) is 3. The quantitative estimate of drug-likeness (QED) is 0.707. The zero-order valence-electron chi connectivity index (χ0n) is 15.4. The summed E-state index contributed by atoms with van der Waals surface area (Å²) in [5, 5.41) is 0. The van der Waals surface area contributed by atoms with E-state index in [4.69, 9.17) is 10.5 Å². The van der Waals surface area contributed by atoms with Crippen molar-refractivity contribution in [3.05, 3.63) is 0 Å². The van der Waals surface area contributed by atoms with Crippen molar-refractivity contribution in [1.82, 2.24) is 14.7 Å². The van der Waals surface area contributed by atoms with Crippen LogP contribution in [0.3, 0.4) is 0 Å². The van der Waals surface area contributed by atoms with E-state index >= 15 is 0 Å². The first-order valence-electron chi connectivity index (χ1n) is 9.12. The van der Waals surface area contributed by atoms with Crippen LogP contribution in [0.2, 0.25) is 0 Å². The lowest BCUT2D eigenvalue weighted by molar-refractivity contribution is -0.134. The molecule has 2 aliphatic rings. The van der Waals surface area contributed by atoms with Crippen molar-refractivity contribution in [2.45, 2.75) is 38.5 Å². The maximum Gasteiger partial charge on any atom is 0.239 e. The molecule has 2 heterocycles. The van der Waals surface area contributed by atoms with Crippen LogP contribution in [0.15, 0.2) is 0 Å². The van der Waals surface area contributed by atoms with Gasteiger partial charge in [0.15, 0.2) is 0 Å². The number of thioether (sulfide) groups is 1. The van der Waals surface area contributed by atoms with E-state index in [1.54, 1.807) is 11.8 Å². The summed E-state index contributed by atoms with van der Waals surface area (Å²) in [5.74, 6) is 1.06. The van der Waals surface area contributed by atoms with Crippen LogP contribution in [-0.4, -0.2) is 103 Å². The van der Waals surface area contributed by atoms with Gasteiger partial charge in [0.2, 0.25) is 5.91 Å². The van der Waals surface area contributed by atoms with Gasteiger partial charge in [-0.25, -0.2) is 0 Å². The van der Waals surface area contributed by atoms with Crippen LogP contribution in [0.25, 0.3) is 0 Å². The third kappa shape index (κ3) is 5.88. The Morgan fingerprint density at radius 1 is 1.25 bits per heavy atom. The van der Waals surface area contributed by atoms with Crippen molar-refractivity contribution in [3.8, 4) is 0 Å². The maximum atomic E-state index is 12.4. The Balaban J connectivity index is 1.71. The van der Waals surface area contributed by atoms with Gasteiger partial charge in [0, 0.05) is 51.9 Å². The topological polar surface area (TPSA) is 62.0 Å². The van der Waals surface area contributed by atoms with Crippen LogP contribution in [0.5, 0.6) is 0 Å². The van der Waals surface area contributed by atoms with Gasteiger partial charge in [-0.2, -0.15) is 11.8 Å². The number of hydrogen-bond acceptors (Lipinski definition) is 6. The second-order valence-electron chi connectivity index (χ2n) is 7.10. The minimum atomic E-state index is -0.342. The van der Waals surface area contributed by atoms with E-state index in [2.05, 4.69) is 23.6 Å². The first kappa shape index (κ1) is 20.0. The molecule has 1 unspecified atom stereocenters. The van der Waals surface area contributed by atoms with Crippen LogP contribution < -0.4 is 5.73 Å². The Hall–Kier alpha value is -0.340. The molecule has 0 saturated carbocycles. The molecule has 140 valence electrons. The Morgan fingerprint density at radius 2 is 1.96 bits per heavy atom. The number of hydrogen-bond donors (Lipinski definition) is 1. The Kier molecular flexibility index (Phi) is 8.30. The molecule has 2 atom stereocenters. The third-order valence-electron chi connectivity index (χ3n) is 5.00. The highest BCUT2D eigenvalue weighted by Crippen LogP contribution is 2.12. The van der Waals surface area contributed by atoms with E-state index < -0.39 is 0 Å². The van der Waals surface area contributed by atoms with Gasteiger partial charge >= 0.3 is 0 Å². The molecule has 2 aliphatic heterocycles. The Bertz CT molecular complexity index is 389. The Labute approximate surface area is 151 Å². The van der Waals surface area contributed by atoms with Gasteiger partial charge in [0.25, 0.3) is 0 Å². The first-order chi connectivity index (χ1) is 11.5. The van der Waals surface area contributed by atoms with Crippen molar-refractivity contribution in [3.63, 3.8) is 0 Å². The predicted molar refractivity (Wildman–Crippen MR) is 100 cm³/mol. The molecule has 0 aromatic carbocycles. The summed E-state index contributed by atoms with van der Waals surface area (Å²) >= 11 is 1.74. The molecule has 2 rings (SSSR count). The first-order valence-corrected chi connectivity index (χ1v) is 10.5. The molecule has 0 aliphatic carbocycles. The van der Waals surface area contributed by atoms with Gasteiger partial charge in [-0.3, -0.25) is 14.6 Å². The van der Waals surface area contributed by atoms with Crippen LogP contribution in [0.1, 0.15) is 20.3 Å². The molecule has 2 fully saturated rings. The van der Waals surface area contributed by atoms with Crippen LogP contribution in [0, 0.1) is 0 Å². The summed E-state index contributed by atoms with van der Waals surface area (Å²) in [6, 6.07) is 0.235. The zero-order valence-corrected chi connectivity index (χ0v) is 16.3. The number of carbonyl (C=O) groups excluding carboxylic acids is 1.